The molecule has 0 aromatic carbocycles. The number of nitrogens with zero attached hydrogens (tertiary/aromatic N) is 1. The first-order valence-corrected chi connectivity index (χ1v) is 7.03. The van der Waals surface area contributed by atoms with E-state index >= 15 is 0 Å². The minimum atomic E-state index is -1.20. The summed E-state index contributed by atoms with van der Waals surface area (Å²) in [5.74, 6) is -2.55. The van der Waals surface area contributed by atoms with E-state index < -0.39 is 35.4 Å². The zero-order valence-corrected chi connectivity index (χ0v) is 12.5. The number of β-lactam (4-membered cyclic amide) rings is 1. The molecule has 0 radical (unpaired) electrons. The fourth-order valence-corrected chi connectivity index (χ4v) is 3.03. The van der Waals surface area contributed by atoms with Crippen molar-refractivity contribution in [3.8, 4) is 0 Å². The number of nitrogens with two attached hydrogens (primary N) is 1. The van der Waals surface area contributed by atoms with Crippen molar-refractivity contribution in [1.29, 1.82) is 0 Å². The van der Waals surface area contributed by atoms with Gasteiger partial charge in [0.05, 0.1) is 18.6 Å². The number of nitrogens with one attached hydrogen (secondary N) is 2. The van der Waals surface area contributed by atoms with Crippen LogP contribution in [0.1, 0.15) is 20.3 Å². The van der Waals surface area contributed by atoms with Crippen molar-refractivity contribution < 1.29 is 24.3 Å². The number of carbonyl (C=O) groups excluding carboxylic acids is 4. The van der Waals surface area contributed by atoms with E-state index in [2.05, 4.69) is 10.6 Å². The van der Waals surface area contributed by atoms with E-state index in [0.29, 0.717) is 6.54 Å². The Balaban J connectivity index is 2.11. The number of aliphatic hydroxyl groups is 1. The van der Waals surface area contributed by atoms with Crippen LogP contribution in [-0.4, -0.2) is 64.4 Å². The fraction of sp³-hybridized carbons (Fsp3) is 0.692. The van der Waals surface area contributed by atoms with Gasteiger partial charge in [-0.15, -0.1) is 0 Å². The zero-order chi connectivity index (χ0) is 16.7. The van der Waals surface area contributed by atoms with Crippen LogP contribution in [0.25, 0.3) is 0 Å². The summed E-state index contributed by atoms with van der Waals surface area (Å²) >= 11 is 0. The van der Waals surface area contributed by atoms with Crippen molar-refractivity contribution in [2.45, 2.75) is 38.0 Å². The van der Waals surface area contributed by atoms with Crippen LogP contribution in [0.15, 0.2) is 0 Å². The second kappa shape index (κ2) is 5.56. The van der Waals surface area contributed by atoms with Gasteiger partial charge in [-0.05, 0) is 13.3 Å². The van der Waals surface area contributed by atoms with E-state index in [1.807, 2.05) is 0 Å². The Hall–Kier alpha value is -2.16. The van der Waals surface area contributed by atoms with Crippen LogP contribution in [0.3, 0.4) is 0 Å². The van der Waals surface area contributed by atoms with Crippen LogP contribution in [-0.2, 0) is 19.2 Å². The second-order valence-corrected chi connectivity index (χ2v) is 5.87. The average Bonchev–Trinajstić information content (AvgIpc) is 2.85. The fourth-order valence-electron chi connectivity index (χ4n) is 3.03. The number of likely N-dealkylation sites (tertiary alicyclic amines) is 1. The van der Waals surface area contributed by atoms with Gasteiger partial charge in [-0.2, -0.15) is 0 Å². The van der Waals surface area contributed by atoms with E-state index in [1.165, 1.54) is 18.7 Å². The highest BCUT2D eigenvalue weighted by Gasteiger charge is 2.59. The molecular formula is C13H20N4O5. The molecule has 2 aliphatic rings. The van der Waals surface area contributed by atoms with Gasteiger partial charge in [0.15, 0.2) is 0 Å². The first-order valence-electron chi connectivity index (χ1n) is 7.03. The lowest BCUT2D eigenvalue weighted by Gasteiger charge is -2.43. The summed E-state index contributed by atoms with van der Waals surface area (Å²) in [5, 5.41) is 14.4. The first-order chi connectivity index (χ1) is 10.2. The third-order valence-electron chi connectivity index (χ3n) is 4.31. The summed E-state index contributed by atoms with van der Waals surface area (Å²) in [6.45, 7) is 3.09. The highest BCUT2D eigenvalue weighted by molar-refractivity contribution is 5.98. The van der Waals surface area contributed by atoms with E-state index in [-0.39, 0.29) is 24.8 Å². The third-order valence-corrected chi connectivity index (χ3v) is 4.31. The van der Waals surface area contributed by atoms with Crippen LogP contribution in [0, 0.1) is 5.92 Å². The standard InChI is InChI=1S/C13H20N4O5/c1-6(18)9(10(14)20)16-11(21)8-3-13(5-15-12(13)22)17(4-8)7(2)19/h6,8-9,18H,3-5H2,1-2H3,(H2,14,20)(H,15,22)(H,16,21)/t6-,8?,9+,13?/m1/s1. The molecular weight excluding hydrogens is 292 g/mol. The van der Waals surface area contributed by atoms with Crippen molar-refractivity contribution >= 4 is 23.6 Å². The van der Waals surface area contributed by atoms with Crippen LogP contribution >= 0.6 is 0 Å². The molecule has 2 saturated heterocycles. The maximum absolute atomic E-state index is 12.3. The van der Waals surface area contributed by atoms with Crippen molar-refractivity contribution in [2.75, 3.05) is 13.1 Å². The molecule has 0 aromatic heterocycles. The lowest BCUT2D eigenvalue weighted by atomic mass is 9.85. The summed E-state index contributed by atoms with van der Waals surface area (Å²) in [6.07, 6.45) is -0.942. The second-order valence-electron chi connectivity index (χ2n) is 5.87. The van der Waals surface area contributed by atoms with Gasteiger partial charge in [-0.3, -0.25) is 19.2 Å². The Morgan fingerprint density at radius 1 is 1.50 bits per heavy atom. The van der Waals surface area contributed by atoms with E-state index in [1.54, 1.807) is 0 Å². The molecule has 4 amide bonds. The lowest BCUT2D eigenvalue weighted by Crippen LogP contribution is -2.71. The molecule has 4 atom stereocenters. The van der Waals surface area contributed by atoms with Crippen molar-refractivity contribution in [3.63, 3.8) is 0 Å². The molecule has 22 heavy (non-hydrogen) atoms. The predicted molar refractivity (Wildman–Crippen MR) is 74.0 cm³/mol. The van der Waals surface area contributed by atoms with E-state index in [0.717, 1.165) is 0 Å². The molecule has 2 heterocycles. The highest BCUT2D eigenvalue weighted by atomic mass is 16.3. The molecule has 5 N–H and O–H groups in total. The quantitative estimate of drug-likeness (QED) is 0.411. The summed E-state index contributed by atoms with van der Waals surface area (Å²) in [6, 6.07) is -1.20. The molecule has 9 nitrogen and oxygen atoms in total. The zero-order valence-electron chi connectivity index (χ0n) is 12.5. The molecule has 0 saturated carbocycles. The number of hydrogen-bond acceptors (Lipinski definition) is 5. The van der Waals surface area contributed by atoms with Crippen LogP contribution < -0.4 is 16.4 Å². The number of amides is 4. The summed E-state index contributed by atoms with van der Waals surface area (Å²) < 4.78 is 0. The Kier molecular flexibility index (Phi) is 4.10. The van der Waals surface area contributed by atoms with Gasteiger partial charge in [0.1, 0.15) is 11.6 Å². The van der Waals surface area contributed by atoms with Crippen molar-refractivity contribution in [2.24, 2.45) is 11.7 Å². The van der Waals surface area contributed by atoms with Gasteiger partial charge in [-0.1, -0.05) is 0 Å². The maximum Gasteiger partial charge on any atom is 0.247 e. The number of carbonyl (C=O) groups is 4. The smallest absolute Gasteiger partial charge is 0.247 e. The molecule has 0 aromatic rings. The minimum Gasteiger partial charge on any atom is -0.391 e. The Morgan fingerprint density at radius 2 is 2.14 bits per heavy atom. The third kappa shape index (κ3) is 2.52. The molecule has 9 heteroatoms. The minimum absolute atomic E-state index is 0.0971. The van der Waals surface area contributed by atoms with Gasteiger partial charge >= 0.3 is 0 Å². The molecule has 0 bridgehead atoms. The molecule has 2 unspecified atom stereocenters. The van der Waals surface area contributed by atoms with E-state index in [4.69, 9.17) is 5.73 Å². The average molecular weight is 312 g/mol. The van der Waals surface area contributed by atoms with Crippen LogP contribution in [0.5, 0.6) is 0 Å². The molecule has 2 fully saturated rings. The van der Waals surface area contributed by atoms with Gasteiger partial charge in [0, 0.05) is 13.5 Å². The first kappa shape index (κ1) is 16.2. The Bertz CT molecular complexity index is 535. The monoisotopic (exact) mass is 312 g/mol. The molecule has 0 aliphatic carbocycles. The van der Waals surface area contributed by atoms with Gasteiger partial charge in [0.2, 0.25) is 23.6 Å². The topological polar surface area (TPSA) is 142 Å². The molecule has 122 valence electrons. The van der Waals surface area contributed by atoms with Crippen LogP contribution in [0.2, 0.25) is 0 Å². The summed E-state index contributed by atoms with van der Waals surface area (Å²) in [7, 11) is 0. The number of rotatable bonds is 4. The van der Waals surface area contributed by atoms with Gasteiger partial charge in [0.25, 0.3) is 0 Å². The SMILES string of the molecule is CC(=O)N1CC(C(=O)N[C@H](C(N)=O)[C@@H](C)O)CC12CNC2=O. The van der Waals surface area contributed by atoms with Crippen molar-refractivity contribution in [3.05, 3.63) is 0 Å². The van der Waals surface area contributed by atoms with E-state index in [9.17, 15) is 24.3 Å². The largest absolute Gasteiger partial charge is 0.391 e. The normalized spacial score (nSPS) is 29.5. The molecule has 2 aliphatic heterocycles. The summed E-state index contributed by atoms with van der Waals surface area (Å²) in [5.41, 5.74) is 4.16. The highest BCUT2D eigenvalue weighted by Crippen LogP contribution is 2.37. The predicted octanol–water partition coefficient (Wildman–Crippen LogP) is -2.93. The van der Waals surface area contributed by atoms with Gasteiger partial charge < -0.3 is 26.4 Å². The lowest BCUT2D eigenvalue weighted by molar-refractivity contribution is -0.150. The maximum atomic E-state index is 12.3. The molecule has 1 spiro atoms. The van der Waals surface area contributed by atoms with Crippen LogP contribution in [0.4, 0.5) is 0 Å². The summed E-state index contributed by atoms with van der Waals surface area (Å²) in [4.78, 5) is 48.4. The number of hydrogen-bond donors (Lipinski definition) is 4. The number of primary amides is 1. The Labute approximate surface area is 127 Å². The van der Waals surface area contributed by atoms with Crippen molar-refractivity contribution in [1.82, 2.24) is 15.5 Å². The Morgan fingerprint density at radius 3 is 2.45 bits per heavy atom. The van der Waals surface area contributed by atoms with Gasteiger partial charge in [-0.25, -0.2) is 0 Å². The molecule has 2 rings (SSSR count). The number of aliphatic hydroxyl groups excluding tert-OH is 1.